The second-order valence-electron chi connectivity index (χ2n) is 9.46. The van der Waals surface area contributed by atoms with E-state index in [9.17, 15) is 22.8 Å². The topological polar surface area (TPSA) is 64.4 Å². The molecule has 2 heterocycles. The Bertz CT molecular complexity index is 1250. The Labute approximate surface area is 218 Å². The average molecular weight is 536 g/mol. The third-order valence-electron chi connectivity index (χ3n) is 6.70. The van der Waals surface area contributed by atoms with Gasteiger partial charge in [0.05, 0.1) is 5.52 Å². The van der Waals surface area contributed by atoms with Crippen molar-refractivity contribution in [3.8, 4) is 0 Å². The molecule has 0 aliphatic carbocycles. The summed E-state index contributed by atoms with van der Waals surface area (Å²) in [5, 5.41) is 6.16. The monoisotopic (exact) mass is 535 g/mol. The number of nitrogens with zero attached hydrogens (tertiary/aromatic N) is 3. The quantitative estimate of drug-likeness (QED) is 0.246. The van der Waals surface area contributed by atoms with Gasteiger partial charge in [0.2, 0.25) is 0 Å². The van der Waals surface area contributed by atoms with Gasteiger partial charge in [0.15, 0.2) is 5.78 Å². The van der Waals surface area contributed by atoms with E-state index in [4.69, 9.17) is 11.6 Å². The van der Waals surface area contributed by atoms with Crippen LogP contribution < -0.4 is 0 Å². The average Bonchev–Trinajstić information content (AvgIpc) is 3.27. The molecule has 0 radical (unpaired) electrons. The standard InChI is InChI=1S/C27H29ClF3N3O3/c1-18-22(25(35)3-2-14-37-17-27(29,30)31)8-9-24-23(18)16-34(32-24)15-19-10-12-33(13-11-19)26(36)20-4-6-21(28)7-5-20/h4-9,16,19H,2-3,10-15,17H2,1H3. The minimum absolute atomic E-state index is 0.0136. The predicted octanol–water partition coefficient (Wildman–Crippen LogP) is 6.09. The van der Waals surface area contributed by atoms with E-state index in [0.717, 1.165) is 35.9 Å². The maximum atomic E-state index is 12.7. The molecule has 3 aromatic rings. The summed E-state index contributed by atoms with van der Waals surface area (Å²) in [6, 6.07) is 10.5. The molecule has 1 aromatic heterocycles. The minimum atomic E-state index is -4.36. The number of rotatable bonds is 9. The Kier molecular flexibility index (Phi) is 8.54. The first-order valence-corrected chi connectivity index (χ1v) is 12.7. The predicted molar refractivity (Wildman–Crippen MR) is 135 cm³/mol. The number of halogens is 4. The third kappa shape index (κ3) is 7.11. The van der Waals surface area contributed by atoms with Crippen molar-refractivity contribution in [3.05, 3.63) is 64.3 Å². The SMILES string of the molecule is Cc1c(C(=O)CCCOCC(F)(F)F)ccc2nn(CC3CCN(C(=O)c4ccc(Cl)cc4)CC3)cc12. The number of benzene rings is 2. The highest BCUT2D eigenvalue weighted by molar-refractivity contribution is 6.30. The van der Waals surface area contributed by atoms with Gasteiger partial charge in [-0.2, -0.15) is 18.3 Å². The first-order chi connectivity index (χ1) is 17.6. The van der Waals surface area contributed by atoms with Gasteiger partial charge in [-0.15, -0.1) is 0 Å². The zero-order valence-electron chi connectivity index (χ0n) is 20.6. The van der Waals surface area contributed by atoms with Crippen LogP contribution in [0.5, 0.6) is 0 Å². The molecule has 1 aliphatic rings. The lowest BCUT2D eigenvalue weighted by Gasteiger charge is -2.32. The number of fused-ring (bicyclic) bond motifs is 1. The summed E-state index contributed by atoms with van der Waals surface area (Å²) < 4.78 is 43.0. The molecule has 1 amide bonds. The molecule has 1 aliphatic heterocycles. The normalized spacial score (nSPS) is 14.9. The molecule has 1 saturated heterocycles. The summed E-state index contributed by atoms with van der Waals surface area (Å²) in [7, 11) is 0. The van der Waals surface area contributed by atoms with Crippen molar-refractivity contribution in [3.63, 3.8) is 0 Å². The van der Waals surface area contributed by atoms with Gasteiger partial charge in [0.25, 0.3) is 5.91 Å². The zero-order valence-corrected chi connectivity index (χ0v) is 21.3. The van der Waals surface area contributed by atoms with Crippen molar-refractivity contribution in [1.29, 1.82) is 0 Å². The van der Waals surface area contributed by atoms with Crippen LogP contribution in [0.25, 0.3) is 10.9 Å². The highest BCUT2D eigenvalue weighted by atomic mass is 35.5. The van der Waals surface area contributed by atoms with E-state index in [-0.39, 0.29) is 31.1 Å². The lowest BCUT2D eigenvalue weighted by atomic mass is 9.96. The summed E-state index contributed by atoms with van der Waals surface area (Å²) in [6.45, 7) is 2.52. The van der Waals surface area contributed by atoms with Crippen molar-refractivity contribution < 1.29 is 27.5 Å². The number of aromatic nitrogens is 2. The smallest absolute Gasteiger partial charge is 0.372 e. The van der Waals surface area contributed by atoms with Crippen molar-refractivity contribution in [2.45, 2.75) is 45.3 Å². The Morgan fingerprint density at radius 1 is 1.11 bits per heavy atom. The molecule has 0 N–H and O–H groups in total. The Morgan fingerprint density at radius 3 is 2.49 bits per heavy atom. The molecule has 1 fully saturated rings. The van der Waals surface area contributed by atoms with E-state index in [1.165, 1.54) is 0 Å². The molecule has 0 unspecified atom stereocenters. The van der Waals surface area contributed by atoms with Crippen LogP contribution in [0.15, 0.2) is 42.6 Å². The van der Waals surface area contributed by atoms with Crippen molar-refractivity contribution in [1.82, 2.24) is 14.7 Å². The highest BCUT2D eigenvalue weighted by Gasteiger charge is 2.27. The molecule has 2 aromatic carbocycles. The van der Waals surface area contributed by atoms with Crippen molar-refractivity contribution in [2.24, 2.45) is 5.92 Å². The van der Waals surface area contributed by atoms with Crippen LogP contribution in [-0.4, -0.2) is 58.9 Å². The van der Waals surface area contributed by atoms with Gasteiger partial charge in [0, 0.05) is 60.4 Å². The number of likely N-dealkylation sites (tertiary alicyclic amines) is 1. The van der Waals surface area contributed by atoms with Crippen molar-refractivity contribution >= 4 is 34.2 Å². The van der Waals surface area contributed by atoms with E-state index < -0.39 is 12.8 Å². The Morgan fingerprint density at radius 2 is 1.81 bits per heavy atom. The van der Waals surface area contributed by atoms with Gasteiger partial charge >= 0.3 is 6.18 Å². The molecule has 4 rings (SSSR count). The summed E-state index contributed by atoms with van der Waals surface area (Å²) >= 11 is 5.92. The van der Waals surface area contributed by atoms with E-state index in [2.05, 4.69) is 9.84 Å². The molecule has 0 spiro atoms. The lowest BCUT2D eigenvalue weighted by Crippen LogP contribution is -2.39. The zero-order chi connectivity index (χ0) is 26.6. The van der Waals surface area contributed by atoms with Crippen LogP contribution in [0, 0.1) is 12.8 Å². The number of aryl methyl sites for hydroxylation is 1. The Balaban J connectivity index is 1.31. The van der Waals surface area contributed by atoms with Crippen LogP contribution in [0.4, 0.5) is 13.2 Å². The van der Waals surface area contributed by atoms with Crippen LogP contribution in [-0.2, 0) is 11.3 Å². The summed E-state index contributed by atoms with van der Waals surface area (Å²) in [4.78, 5) is 27.3. The fourth-order valence-corrected chi connectivity index (χ4v) is 4.82. The van der Waals surface area contributed by atoms with E-state index >= 15 is 0 Å². The first kappa shape index (κ1) is 27.1. The number of Topliss-reactive ketones (excluding diaryl/α,β-unsaturated/α-hetero) is 1. The van der Waals surface area contributed by atoms with Crippen LogP contribution in [0.1, 0.15) is 52.0 Å². The van der Waals surface area contributed by atoms with Gasteiger partial charge in [0.1, 0.15) is 6.61 Å². The maximum Gasteiger partial charge on any atom is 0.411 e. The highest BCUT2D eigenvalue weighted by Crippen LogP contribution is 2.25. The molecule has 0 atom stereocenters. The molecule has 6 nitrogen and oxygen atoms in total. The second kappa shape index (κ2) is 11.6. The first-order valence-electron chi connectivity index (χ1n) is 12.3. The third-order valence-corrected chi connectivity index (χ3v) is 6.95. The number of hydrogen-bond acceptors (Lipinski definition) is 4. The van der Waals surface area contributed by atoms with Crippen molar-refractivity contribution in [2.75, 3.05) is 26.3 Å². The number of piperidine rings is 1. The number of ketones is 1. The maximum absolute atomic E-state index is 12.7. The molecule has 198 valence electrons. The molecule has 0 bridgehead atoms. The summed E-state index contributed by atoms with van der Waals surface area (Å²) in [6.07, 6.45) is -0.337. The number of carbonyl (C=O) groups is 2. The van der Waals surface area contributed by atoms with E-state index in [1.807, 2.05) is 22.7 Å². The van der Waals surface area contributed by atoms with Gasteiger partial charge in [-0.05, 0) is 74.1 Å². The van der Waals surface area contributed by atoms with Crippen LogP contribution in [0.3, 0.4) is 0 Å². The van der Waals surface area contributed by atoms with Crippen LogP contribution >= 0.6 is 11.6 Å². The fraction of sp³-hybridized carbons (Fsp3) is 0.444. The van der Waals surface area contributed by atoms with Gasteiger partial charge in [-0.1, -0.05) is 11.6 Å². The molecular formula is C27H29ClF3N3O3. The largest absolute Gasteiger partial charge is 0.411 e. The Hall–Kier alpha value is -2.91. The molecule has 10 heteroatoms. The number of carbonyl (C=O) groups excluding carboxylic acids is 2. The molecule has 37 heavy (non-hydrogen) atoms. The number of alkyl halides is 3. The number of amides is 1. The lowest BCUT2D eigenvalue weighted by molar-refractivity contribution is -0.173. The molecular weight excluding hydrogens is 507 g/mol. The summed E-state index contributed by atoms with van der Waals surface area (Å²) in [5.74, 6) is 0.266. The van der Waals surface area contributed by atoms with E-state index in [0.29, 0.717) is 35.2 Å². The van der Waals surface area contributed by atoms with Gasteiger partial charge < -0.3 is 9.64 Å². The fourth-order valence-electron chi connectivity index (χ4n) is 4.69. The van der Waals surface area contributed by atoms with Gasteiger partial charge in [-0.3, -0.25) is 14.3 Å². The minimum Gasteiger partial charge on any atom is -0.372 e. The molecule has 0 saturated carbocycles. The van der Waals surface area contributed by atoms with Gasteiger partial charge in [-0.25, -0.2) is 0 Å². The summed E-state index contributed by atoms with van der Waals surface area (Å²) in [5.41, 5.74) is 2.79. The number of ether oxygens (including phenoxy) is 1. The second-order valence-corrected chi connectivity index (χ2v) is 9.90. The van der Waals surface area contributed by atoms with Crippen LogP contribution in [0.2, 0.25) is 5.02 Å². The number of hydrogen-bond donors (Lipinski definition) is 0. The van der Waals surface area contributed by atoms with E-state index in [1.54, 1.807) is 36.4 Å².